The third-order valence-electron chi connectivity index (χ3n) is 3.33. The molecule has 1 aliphatic carbocycles. The minimum atomic E-state index is -0.344. The summed E-state index contributed by atoms with van der Waals surface area (Å²) in [4.78, 5) is 8.77. The van der Waals surface area contributed by atoms with E-state index in [0.717, 1.165) is 24.2 Å². The summed E-state index contributed by atoms with van der Waals surface area (Å²) >= 11 is 3.23. The molecule has 0 unspecified atom stereocenters. The van der Waals surface area contributed by atoms with E-state index >= 15 is 0 Å². The van der Waals surface area contributed by atoms with Gasteiger partial charge < -0.3 is 11.1 Å². The highest BCUT2D eigenvalue weighted by Crippen LogP contribution is 2.39. The number of anilines is 3. The summed E-state index contributed by atoms with van der Waals surface area (Å²) < 4.78 is 14.6. The third-order valence-corrected chi connectivity index (χ3v) is 3.82. The Morgan fingerprint density at radius 2 is 2.10 bits per heavy atom. The smallest absolute Gasteiger partial charge is 0.147 e. The van der Waals surface area contributed by atoms with E-state index in [2.05, 4.69) is 31.2 Å². The van der Waals surface area contributed by atoms with Gasteiger partial charge in [-0.3, -0.25) is 0 Å². The Balaban J connectivity index is 1.97. The van der Waals surface area contributed by atoms with Crippen molar-refractivity contribution in [3.05, 3.63) is 39.9 Å². The quantitative estimate of drug-likeness (QED) is 0.892. The molecule has 104 valence electrons. The van der Waals surface area contributed by atoms with Crippen molar-refractivity contribution in [3.8, 4) is 0 Å². The monoisotopic (exact) mass is 336 g/mol. The number of nitrogens with two attached hydrogens (primary N) is 1. The molecule has 0 aliphatic heterocycles. The number of benzene rings is 1. The number of nitrogen functional groups attached to an aromatic ring is 1. The van der Waals surface area contributed by atoms with Crippen molar-refractivity contribution in [1.82, 2.24) is 9.97 Å². The van der Waals surface area contributed by atoms with Crippen LogP contribution in [0.3, 0.4) is 0 Å². The van der Waals surface area contributed by atoms with E-state index in [0.29, 0.717) is 27.7 Å². The fourth-order valence-corrected chi connectivity index (χ4v) is 2.25. The highest BCUT2D eigenvalue weighted by atomic mass is 79.9. The number of nitrogens with one attached hydrogen (secondary N) is 1. The molecule has 0 radical (unpaired) electrons. The summed E-state index contributed by atoms with van der Waals surface area (Å²) in [5.41, 5.74) is 7.01. The maximum absolute atomic E-state index is 13.9. The van der Waals surface area contributed by atoms with Crippen LogP contribution in [0.25, 0.3) is 0 Å². The van der Waals surface area contributed by atoms with Crippen molar-refractivity contribution >= 4 is 33.3 Å². The molecule has 4 nitrogen and oxygen atoms in total. The van der Waals surface area contributed by atoms with E-state index in [1.54, 1.807) is 12.1 Å². The molecule has 1 aliphatic rings. The molecule has 2 aromatic rings. The van der Waals surface area contributed by atoms with Gasteiger partial charge in [0.1, 0.15) is 23.3 Å². The molecule has 0 amide bonds. The minimum Gasteiger partial charge on any atom is -0.383 e. The second kappa shape index (κ2) is 5.01. The predicted molar refractivity (Wildman–Crippen MR) is 80.5 cm³/mol. The molecular formula is C14H14BrFN4. The standard InChI is InChI=1S/C14H14BrFN4/c1-7-12(17)19-14(8-2-3-8)20-13(7)18-11-5-4-9(15)6-10(11)16/h4-6,8H,2-3H2,1H3,(H3,17,18,19,20). The van der Waals surface area contributed by atoms with Crippen LogP contribution >= 0.6 is 15.9 Å². The van der Waals surface area contributed by atoms with Gasteiger partial charge in [-0.15, -0.1) is 0 Å². The molecule has 1 aromatic carbocycles. The molecule has 1 aromatic heterocycles. The number of hydrogen-bond donors (Lipinski definition) is 2. The molecule has 0 saturated heterocycles. The number of nitrogens with zero attached hydrogens (tertiary/aromatic N) is 2. The van der Waals surface area contributed by atoms with Crippen molar-refractivity contribution in [2.24, 2.45) is 0 Å². The maximum Gasteiger partial charge on any atom is 0.147 e. The van der Waals surface area contributed by atoms with Gasteiger partial charge in [0.25, 0.3) is 0 Å². The SMILES string of the molecule is Cc1c(N)nc(C2CC2)nc1Nc1ccc(Br)cc1F. The summed E-state index contributed by atoms with van der Waals surface area (Å²) in [7, 11) is 0. The number of aromatic nitrogens is 2. The zero-order chi connectivity index (χ0) is 14.3. The Kier molecular flexibility index (Phi) is 3.33. The first kappa shape index (κ1) is 13.3. The van der Waals surface area contributed by atoms with Crippen LogP contribution in [0.1, 0.15) is 30.1 Å². The summed E-state index contributed by atoms with van der Waals surface area (Å²) in [6, 6.07) is 4.84. The zero-order valence-electron chi connectivity index (χ0n) is 11.0. The van der Waals surface area contributed by atoms with E-state index in [4.69, 9.17) is 5.73 Å². The van der Waals surface area contributed by atoms with Gasteiger partial charge in [-0.2, -0.15) is 0 Å². The Labute approximate surface area is 124 Å². The van der Waals surface area contributed by atoms with E-state index < -0.39 is 0 Å². The summed E-state index contributed by atoms with van der Waals surface area (Å²) in [6.45, 7) is 1.82. The molecule has 20 heavy (non-hydrogen) atoms. The Hall–Kier alpha value is -1.69. The van der Waals surface area contributed by atoms with Crippen LogP contribution in [0.4, 0.5) is 21.7 Å². The Bertz CT molecular complexity index is 670. The van der Waals surface area contributed by atoms with E-state index in [9.17, 15) is 4.39 Å². The predicted octanol–water partition coefficient (Wildman–Crippen LogP) is 3.89. The second-order valence-electron chi connectivity index (χ2n) is 4.96. The first-order chi connectivity index (χ1) is 9.54. The summed E-state index contributed by atoms with van der Waals surface area (Å²) in [5, 5.41) is 3.00. The summed E-state index contributed by atoms with van der Waals surface area (Å²) in [6.07, 6.45) is 2.18. The second-order valence-corrected chi connectivity index (χ2v) is 5.88. The fraction of sp³-hybridized carbons (Fsp3) is 0.286. The summed E-state index contributed by atoms with van der Waals surface area (Å²) in [5.74, 6) is 1.81. The molecule has 1 saturated carbocycles. The lowest BCUT2D eigenvalue weighted by Gasteiger charge is -2.12. The fourth-order valence-electron chi connectivity index (χ4n) is 1.92. The molecule has 3 rings (SSSR count). The molecule has 0 bridgehead atoms. The van der Waals surface area contributed by atoms with Crippen LogP contribution in [0, 0.1) is 12.7 Å². The topological polar surface area (TPSA) is 63.8 Å². The molecule has 0 spiro atoms. The van der Waals surface area contributed by atoms with Gasteiger partial charge in [0, 0.05) is 16.0 Å². The van der Waals surface area contributed by atoms with Crippen LogP contribution in [0.2, 0.25) is 0 Å². The Morgan fingerprint density at radius 1 is 1.35 bits per heavy atom. The molecule has 3 N–H and O–H groups in total. The first-order valence-electron chi connectivity index (χ1n) is 6.40. The van der Waals surface area contributed by atoms with Gasteiger partial charge in [-0.05, 0) is 38.0 Å². The van der Waals surface area contributed by atoms with Gasteiger partial charge in [0.2, 0.25) is 0 Å². The van der Waals surface area contributed by atoms with Gasteiger partial charge in [-0.25, -0.2) is 14.4 Å². The van der Waals surface area contributed by atoms with Crippen LogP contribution < -0.4 is 11.1 Å². The molecule has 1 heterocycles. The average Bonchev–Trinajstić information content (AvgIpc) is 3.22. The highest BCUT2D eigenvalue weighted by Gasteiger charge is 2.28. The van der Waals surface area contributed by atoms with Gasteiger partial charge in [0.15, 0.2) is 0 Å². The van der Waals surface area contributed by atoms with Crippen molar-refractivity contribution in [3.63, 3.8) is 0 Å². The molecule has 6 heteroatoms. The van der Waals surface area contributed by atoms with Crippen LogP contribution in [0.15, 0.2) is 22.7 Å². The molecule has 0 atom stereocenters. The third kappa shape index (κ3) is 2.60. The van der Waals surface area contributed by atoms with Gasteiger partial charge in [0.05, 0.1) is 5.69 Å². The lowest BCUT2D eigenvalue weighted by Crippen LogP contribution is -2.07. The van der Waals surface area contributed by atoms with Gasteiger partial charge >= 0.3 is 0 Å². The van der Waals surface area contributed by atoms with Crippen LogP contribution in [-0.2, 0) is 0 Å². The zero-order valence-corrected chi connectivity index (χ0v) is 12.5. The van der Waals surface area contributed by atoms with Crippen LogP contribution in [0.5, 0.6) is 0 Å². The van der Waals surface area contributed by atoms with E-state index in [1.165, 1.54) is 6.07 Å². The normalized spacial score (nSPS) is 14.3. The van der Waals surface area contributed by atoms with Crippen molar-refractivity contribution in [2.75, 3.05) is 11.1 Å². The average molecular weight is 337 g/mol. The van der Waals surface area contributed by atoms with Crippen molar-refractivity contribution in [1.29, 1.82) is 0 Å². The van der Waals surface area contributed by atoms with Crippen molar-refractivity contribution < 1.29 is 4.39 Å². The van der Waals surface area contributed by atoms with Crippen LogP contribution in [-0.4, -0.2) is 9.97 Å². The highest BCUT2D eigenvalue weighted by molar-refractivity contribution is 9.10. The minimum absolute atomic E-state index is 0.344. The largest absolute Gasteiger partial charge is 0.383 e. The van der Waals surface area contributed by atoms with Gasteiger partial charge in [-0.1, -0.05) is 15.9 Å². The molecular weight excluding hydrogens is 323 g/mol. The molecule has 1 fully saturated rings. The Morgan fingerprint density at radius 3 is 2.75 bits per heavy atom. The number of halogens is 2. The van der Waals surface area contributed by atoms with Crippen molar-refractivity contribution in [2.45, 2.75) is 25.7 Å². The lowest BCUT2D eigenvalue weighted by molar-refractivity contribution is 0.631. The first-order valence-corrected chi connectivity index (χ1v) is 7.20. The van der Waals surface area contributed by atoms with E-state index in [-0.39, 0.29) is 5.82 Å². The maximum atomic E-state index is 13.9. The lowest BCUT2D eigenvalue weighted by atomic mass is 10.2. The number of hydrogen-bond acceptors (Lipinski definition) is 4. The number of rotatable bonds is 3. The van der Waals surface area contributed by atoms with E-state index in [1.807, 2.05) is 6.92 Å².